The number of amides is 4. The number of aryl methyl sites for hydroxylation is 1. The lowest BCUT2D eigenvalue weighted by molar-refractivity contribution is -0.137. The topological polar surface area (TPSA) is 188 Å². The molecule has 1 heterocycles. The lowest BCUT2D eigenvalue weighted by Gasteiger charge is -2.12. The average Bonchev–Trinajstić information content (AvgIpc) is 3.03. The Labute approximate surface area is 266 Å². The van der Waals surface area contributed by atoms with Gasteiger partial charge in [0.1, 0.15) is 0 Å². The number of aliphatic hydroxyl groups is 1. The van der Waals surface area contributed by atoms with Gasteiger partial charge in [0.05, 0.1) is 36.7 Å². The highest BCUT2D eigenvalue weighted by molar-refractivity contribution is 6.08. The number of carbonyl (C=O) groups is 4. The molecule has 4 aromatic rings. The molecule has 12 nitrogen and oxygen atoms in total. The lowest BCUT2D eigenvalue weighted by Crippen LogP contribution is -2.16. The van der Waals surface area contributed by atoms with Gasteiger partial charge in [0.15, 0.2) is 0 Å². The number of halogens is 3. The minimum Gasteiger partial charge on any atom is -0.396 e. The maximum atomic E-state index is 13.0. The van der Waals surface area contributed by atoms with E-state index in [1.54, 1.807) is 37.3 Å². The number of hydrogen-bond donors (Lipinski definition) is 6. The number of hydrogen-bond acceptors (Lipinski definition) is 8. The second-order valence-electron chi connectivity index (χ2n) is 9.65. The summed E-state index contributed by atoms with van der Waals surface area (Å²) in [6, 6.07) is 15.4. The highest BCUT2D eigenvalue weighted by Crippen LogP contribution is 2.30. The molecular weight excluding hydrogens is 619 g/mol. The van der Waals surface area contributed by atoms with Crippen LogP contribution in [0.1, 0.15) is 38.3 Å². The van der Waals surface area contributed by atoms with Crippen molar-refractivity contribution in [2.75, 3.05) is 27.9 Å². The van der Waals surface area contributed by atoms with Crippen molar-refractivity contribution in [1.82, 2.24) is 9.97 Å². The van der Waals surface area contributed by atoms with E-state index in [9.17, 15) is 32.3 Å². The minimum absolute atomic E-state index is 0.0216. The summed E-state index contributed by atoms with van der Waals surface area (Å²) in [5.74, 6) is -1.86. The number of nitrogens with two attached hydrogens (primary N) is 1. The predicted octanol–water partition coefficient (Wildman–Crippen LogP) is 5.03. The molecule has 4 rings (SSSR count). The number of aliphatic hydroxyl groups excluding tert-OH is 1. The van der Waals surface area contributed by atoms with Crippen molar-refractivity contribution < 1.29 is 37.5 Å². The van der Waals surface area contributed by atoms with Crippen LogP contribution < -0.4 is 27.0 Å². The van der Waals surface area contributed by atoms with E-state index >= 15 is 0 Å². The molecule has 0 fully saturated rings. The fourth-order valence-electron chi connectivity index (χ4n) is 3.77. The standard InChI is InChI=1S/C29H25F3N6O4.C3H5NO/c1-17-8-9-22(36-26(41)18-4-2-5-19(12-18)29(30,31)32)14-24(17)27(42)37-23-15-33-28(34-16-23)38-21-7-3-6-20(13-21)35-25(40)10-11-39;1-2-3(4)5/h2-9,12-16,39H,10-11H2,1H3,(H,35,40)(H,36,41)(H,37,42)(H,33,34,38);2H,1H2,(H2,4,5). The maximum Gasteiger partial charge on any atom is 0.416 e. The van der Waals surface area contributed by atoms with Crippen LogP contribution in [-0.2, 0) is 15.8 Å². The van der Waals surface area contributed by atoms with E-state index < -0.39 is 29.5 Å². The number of nitrogens with one attached hydrogen (secondary N) is 4. The molecule has 15 heteroatoms. The quantitative estimate of drug-likeness (QED) is 0.129. The van der Waals surface area contributed by atoms with Crippen molar-refractivity contribution in [2.24, 2.45) is 5.73 Å². The molecule has 0 atom stereocenters. The lowest BCUT2D eigenvalue weighted by atomic mass is 10.1. The number of alkyl halides is 3. The fraction of sp³-hybridized carbons (Fsp3) is 0.125. The molecular formula is C32H30F3N7O5. The summed E-state index contributed by atoms with van der Waals surface area (Å²) in [5.41, 5.74) is 5.84. The van der Waals surface area contributed by atoms with Gasteiger partial charge in [-0.15, -0.1) is 0 Å². The van der Waals surface area contributed by atoms with E-state index in [0.29, 0.717) is 16.9 Å². The Bertz CT molecular complexity index is 1760. The fourth-order valence-corrected chi connectivity index (χ4v) is 3.77. The second kappa shape index (κ2) is 16.3. The molecule has 0 unspecified atom stereocenters. The van der Waals surface area contributed by atoms with Crippen molar-refractivity contribution in [3.8, 4) is 0 Å². The zero-order valence-electron chi connectivity index (χ0n) is 24.9. The van der Waals surface area contributed by atoms with E-state index in [4.69, 9.17) is 5.11 Å². The van der Waals surface area contributed by atoms with E-state index in [2.05, 4.69) is 43.5 Å². The van der Waals surface area contributed by atoms with Crippen LogP contribution in [-0.4, -0.2) is 45.3 Å². The van der Waals surface area contributed by atoms with Gasteiger partial charge in [0.2, 0.25) is 17.8 Å². The van der Waals surface area contributed by atoms with E-state index in [0.717, 1.165) is 24.3 Å². The van der Waals surface area contributed by atoms with Gasteiger partial charge < -0.3 is 32.1 Å². The highest BCUT2D eigenvalue weighted by atomic mass is 19.4. The largest absolute Gasteiger partial charge is 0.416 e. The molecule has 244 valence electrons. The molecule has 4 amide bonds. The third kappa shape index (κ3) is 11.1. The van der Waals surface area contributed by atoms with Gasteiger partial charge in [-0.1, -0.05) is 24.8 Å². The Morgan fingerprint density at radius 3 is 2.11 bits per heavy atom. The second-order valence-corrected chi connectivity index (χ2v) is 9.65. The third-order valence-electron chi connectivity index (χ3n) is 6.04. The Morgan fingerprint density at radius 2 is 1.47 bits per heavy atom. The van der Waals surface area contributed by atoms with E-state index in [1.165, 1.54) is 30.6 Å². The summed E-state index contributed by atoms with van der Waals surface area (Å²) in [5, 5.41) is 19.7. The molecule has 0 radical (unpaired) electrons. The molecule has 3 aromatic carbocycles. The van der Waals surface area contributed by atoms with Crippen molar-refractivity contribution >= 4 is 52.3 Å². The van der Waals surface area contributed by atoms with Gasteiger partial charge in [-0.25, -0.2) is 9.97 Å². The maximum absolute atomic E-state index is 13.0. The summed E-state index contributed by atoms with van der Waals surface area (Å²) in [6.45, 7) is 4.52. The zero-order chi connectivity index (χ0) is 34.6. The predicted molar refractivity (Wildman–Crippen MR) is 170 cm³/mol. The summed E-state index contributed by atoms with van der Waals surface area (Å²) in [6.07, 6.45) is -0.788. The first kappa shape index (κ1) is 35.4. The van der Waals surface area contributed by atoms with Crippen molar-refractivity contribution in [2.45, 2.75) is 19.5 Å². The van der Waals surface area contributed by atoms with E-state index in [-0.39, 0.29) is 47.4 Å². The summed E-state index contributed by atoms with van der Waals surface area (Å²) < 4.78 is 39.0. The first-order chi connectivity index (χ1) is 22.3. The van der Waals surface area contributed by atoms with Crippen LogP contribution in [0, 0.1) is 6.92 Å². The number of aromatic nitrogens is 2. The number of primary amides is 1. The molecule has 0 saturated carbocycles. The van der Waals surface area contributed by atoms with Crippen LogP contribution in [0.5, 0.6) is 0 Å². The van der Waals surface area contributed by atoms with Crippen LogP contribution in [0.3, 0.4) is 0 Å². The number of carbonyl (C=O) groups excluding carboxylic acids is 4. The Kier molecular flexibility index (Phi) is 12.3. The first-order valence-corrected chi connectivity index (χ1v) is 13.7. The Hall–Kier alpha value is -6.09. The summed E-state index contributed by atoms with van der Waals surface area (Å²) in [4.78, 5) is 55.1. The molecule has 0 aliphatic carbocycles. The van der Waals surface area contributed by atoms with Crippen LogP contribution in [0.2, 0.25) is 0 Å². The first-order valence-electron chi connectivity index (χ1n) is 13.7. The molecule has 47 heavy (non-hydrogen) atoms. The van der Waals surface area contributed by atoms with Crippen molar-refractivity contribution in [1.29, 1.82) is 0 Å². The van der Waals surface area contributed by atoms with Gasteiger partial charge in [0.25, 0.3) is 11.8 Å². The Morgan fingerprint density at radius 1 is 0.851 bits per heavy atom. The molecule has 7 N–H and O–H groups in total. The molecule has 0 aliphatic heterocycles. The monoisotopic (exact) mass is 649 g/mol. The van der Waals surface area contributed by atoms with Gasteiger partial charge in [-0.05, 0) is 67.1 Å². The highest BCUT2D eigenvalue weighted by Gasteiger charge is 2.31. The molecule has 0 saturated heterocycles. The van der Waals surface area contributed by atoms with Crippen molar-refractivity contribution in [3.05, 3.63) is 114 Å². The number of nitrogens with zero attached hydrogens (tertiary/aromatic N) is 2. The molecule has 0 aliphatic rings. The van der Waals surface area contributed by atoms with Gasteiger partial charge in [-0.3, -0.25) is 19.2 Å². The molecule has 0 spiro atoms. The number of rotatable bonds is 10. The van der Waals surface area contributed by atoms with Crippen LogP contribution in [0.4, 0.5) is 41.9 Å². The average molecular weight is 650 g/mol. The smallest absolute Gasteiger partial charge is 0.396 e. The van der Waals surface area contributed by atoms with Gasteiger partial charge in [-0.2, -0.15) is 13.2 Å². The van der Waals surface area contributed by atoms with E-state index in [1.807, 2.05) is 0 Å². The van der Waals surface area contributed by atoms with Crippen molar-refractivity contribution in [3.63, 3.8) is 0 Å². The van der Waals surface area contributed by atoms with Crippen LogP contribution in [0.25, 0.3) is 0 Å². The molecule has 1 aromatic heterocycles. The molecule has 0 bridgehead atoms. The number of anilines is 5. The summed E-state index contributed by atoms with van der Waals surface area (Å²) >= 11 is 0. The normalized spacial score (nSPS) is 10.5. The zero-order valence-corrected chi connectivity index (χ0v) is 24.9. The summed E-state index contributed by atoms with van der Waals surface area (Å²) in [7, 11) is 0. The van der Waals surface area contributed by atoms with Crippen LogP contribution in [0.15, 0.2) is 91.8 Å². The third-order valence-corrected chi connectivity index (χ3v) is 6.04. The minimum atomic E-state index is -4.59. The Balaban J connectivity index is 0.00000111. The van der Waals surface area contributed by atoms with Crippen LogP contribution >= 0.6 is 0 Å². The number of benzene rings is 3. The van der Waals surface area contributed by atoms with Gasteiger partial charge >= 0.3 is 6.18 Å². The SMILES string of the molecule is C=CC(N)=O.Cc1ccc(NC(=O)c2cccc(C(F)(F)F)c2)cc1C(=O)Nc1cnc(Nc2cccc(NC(=O)CCO)c2)nc1. The van der Waals surface area contributed by atoms with Gasteiger partial charge in [0, 0.05) is 28.2 Å².